The van der Waals surface area contributed by atoms with Crippen LogP contribution in [0.25, 0.3) is 21.5 Å². The predicted octanol–water partition coefficient (Wildman–Crippen LogP) is 8.61. The van der Waals surface area contributed by atoms with Gasteiger partial charge in [-0.15, -0.1) is 11.4 Å². The van der Waals surface area contributed by atoms with Gasteiger partial charge in [-0.25, -0.2) is 0 Å². The molecule has 5 aromatic rings. The number of nitrogens with zero attached hydrogens (tertiary/aromatic N) is 3. The summed E-state index contributed by atoms with van der Waals surface area (Å²) < 4.78 is 0. The second kappa shape index (κ2) is 11.5. The molecule has 0 unspecified atom stereocenters. The number of hydrogen-bond donors (Lipinski definition) is 0. The van der Waals surface area contributed by atoms with Crippen molar-refractivity contribution in [2.24, 2.45) is 9.98 Å². The molecule has 0 aliphatic carbocycles. The van der Waals surface area contributed by atoms with Crippen molar-refractivity contribution in [1.82, 2.24) is 4.98 Å². The van der Waals surface area contributed by atoms with E-state index in [0.29, 0.717) is 0 Å². The van der Waals surface area contributed by atoms with Gasteiger partial charge in [-0.05, 0) is 36.8 Å². The number of aromatic nitrogens is 1. The number of benzene rings is 4. The molecular formula is C28H22Cl2FeN3. The van der Waals surface area contributed by atoms with E-state index >= 15 is 0 Å². The van der Waals surface area contributed by atoms with Crippen LogP contribution in [0.15, 0.2) is 107 Å². The van der Waals surface area contributed by atoms with Gasteiger partial charge in [-0.2, -0.15) is 0 Å². The van der Waals surface area contributed by atoms with Crippen molar-refractivity contribution in [2.75, 3.05) is 0 Å². The molecule has 0 bridgehead atoms. The molecule has 0 radical (unpaired) electrons. The van der Waals surface area contributed by atoms with Crippen LogP contribution in [0.2, 0.25) is 0 Å². The Labute approximate surface area is 214 Å². The van der Waals surface area contributed by atoms with Gasteiger partial charge in [0.2, 0.25) is 0 Å². The standard InChI is InChI=1S/C28H22N3.2ClH.Fe/c1-19(29-27-15-7-11-21-9-3-5-13-23(21)27)25-17-18-26(31-25)20(2)30-28-16-8-12-22-10-4-6-14-24(22)28;;;/h3-18H,1-2H3;2*1H;/q-1;;;+3/p-2. The first-order chi connectivity index (χ1) is 16.6. The summed E-state index contributed by atoms with van der Waals surface area (Å²) >= 11 is 0.194. The van der Waals surface area contributed by atoms with Gasteiger partial charge in [-0.1, -0.05) is 84.9 Å². The summed E-state index contributed by atoms with van der Waals surface area (Å²) in [5, 5.41) is 4.66. The Morgan fingerprint density at radius 2 is 0.971 bits per heavy atom. The Morgan fingerprint density at radius 3 is 1.41 bits per heavy atom. The molecule has 0 amide bonds. The maximum atomic E-state index is 4.87. The molecule has 6 heteroatoms. The van der Waals surface area contributed by atoms with Crippen LogP contribution in [0.3, 0.4) is 0 Å². The van der Waals surface area contributed by atoms with Gasteiger partial charge in [0, 0.05) is 22.2 Å². The zero-order chi connectivity index (χ0) is 23.9. The van der Waals surface area contributed by atoms with Crippen molar-refractivity contribution < 1.29 is 13.1 Å². The van der Waals surface area contributed by atoms with Crippen LogP contribution in [-0.2, 0) is 13.1 Å². The van der Waals surface area contributed by atoms with E-state index in [9.17, 15) is 0 Å². The average molecular weight is 527 g/mol. The topological polar surface area (TPSA) is 38.8 Å². The molecule has 0 fully saturated rings. The first-order valence-corrected chi connectivity index (χ1v) is 13.7. The fraction of sp³-hybridized carbons (Fsp3) is 0.0714. The Kier molecular flexibility index (Phi) is 8.20. The summed E-state index contributed by atoms with van der Waals surface area (Å²) in [4.78, 5) is 14.5. The molecule has 1 aromatic heterocycles. The van der Waals surface area contributed by atoms with E-state index in [1.807, 2.05) is 74.5 Å². The van der Waals surface area contributed by atoms with Gasteiger partial charge in [-0.3, -0.25) is 9.98 Å². The van der Waals surface area contributed by atoms with Crippen LogP contribution >= 0.6 is 20.2 Å². The molecular weight excluding hydrogens is 505 g/mol. The normalized spacial score (nSPS) is 12.0. The van der Waals surface area contributed by atoms with Crippen LogP contribution in [0.5, 0.6) is 0 Å². The van der Waals surface area contributed by atoms with Gasteiger partial charge in [0.15, 0.2) is 0 Å². The third-order valence-corrected chi connectivity index (χ3v) is 5.49. The Morgan fingerprint density at radius 1 is 0.588 bits per heavy atom. The van der Waals surface area contributed by atoms with E-state index < -0.39 is 0 Å². The SMILES string of the molecule is CC(=Nc1cccc2ccccc12)c1ccc(C(C)=Nc2cccc3ccccc23)[n-]1.[Cl][Fe+][Cl]. The number of aliphatic imine (C=N–C) groups is 2. The summed E-state index contributed by atoms with van der Waals surface area (Å²) in [5.74, 6) is 0. The minimum absolute atomic E-state index is 0.194. The van der Waals surface area contributed by atoms with Crippen LogP contribution in [0.1, 0.15) is 25.2 Å². The predicted molar refractivity (Wildman–Crippen MR) is 143 cm³/mol. The fourth-order valence-corrected chi connectivity index (χ4v) is 3.85. The number of hydrogen-bond acceptors (Lipinski definition) is 2. The average Bonchev–Trinajstić information content (AvgIpc) is 3.36. The molecule has 3 nitrogen and oxygen atoms in total. The van der Waals surface area contributed by atoms with E-state index in [2.05, 4.69) is 36.4 Å². The monoisotopic (exact) mass is 526 g/mol. The molecule has 34 heavy (non-hydrogen) atoms. The molecule has 5 rings (SSSR count). The molecule has 0 saturated carbocycles. The van der Waals surface area contributed by atoms with E-state index in [-0.39, 0.29) is 13.1 Å². The van der Waals surface area contributed by atoms with Crippen LogP contribution in [0, 0.1) is 0 Å². The maximum absolute atomic E-state index is 4.87. The van der Waals surface area contributed by atoms with Crippen molar-refractivity contribution in [3.63, 3.8) is 0 Å². The van der Waals surface area contributed by atoms with Gasteiger partial charge in [0.1, 0.15) is 0 Å². The van der Waals surface area contributed by atoms with Crippen LogP contribution < -0.4 is 4.98 Å². The second-order valence-electron chi connectivity index (χ2n) is 7.66. The van der Waals surface area contributed by atoms with Crippen molar-refractivity contribution >= 4 is 64.5 Å². The zero-order valence-corrected chi connectivity index (χ0v) is 21.3. The molecule has 171 valence electrons. The summed E-state index contributed by atoms with van der Waals surface area (Å²) in [6.07, 6.45) is 0. The number of rotatable bonds is 4. The summed E-state index contributed by atoms with van der Waals surface area (Å²) in [7, 11) is 9.53. The second-order valence-corrected chi connectivity index (χ2v) is 9.48. The molecule has 0 saturated heterocycles. The van der Waals surface area contributed by atoms with E-state index in [1.54, 1.807) is 0 Å². The quantitative estimate of drug-likeness (QED) is 0.170. The zero-order valence-electron chi connectivity index (χ0n) is 18.7. The van der Waals surface area contributed by atoms with Gasteiger partial charge >= 0.3 is 33.3 Å². The summed E-state index contributed by atoms with van der Waals surface area (Å²) in [5.41, 5.74) is 5.44. The first kappa shape index (κ1) is 24.3. The number of halogens is 2. The molecule has 0 atom stereocenters. The first-order valence-electron chi connectivity index (χ1n) is 10.7. The van der Waals surface area contributed by atoms with Crippen molar-refractivity contribution in [1.29, 1.82) is 0 Å². The van der Waals surface area contributed by atoms with Gasteiger partial charge in [0.25, 0.3) is 0 Å². The van der Waals surface area contributed by atoms with Crippen molar-refractivity contribution in [2.45, 2.75) is 13.8 Å². The fourth-order valence-electron chi connectivity index (χ4n) is 3.85. The molecule has 0 aliphatic heterocycles. The van der Waals surface area contributed by atoms with E-state index in [1.165, 1.54) is 10.8 Å². The van der Waals surface area contributed by atoms with Crippen molar-refractivity contribution in [3.05, 3.63) is 108 Å². The van der Waals surface area contributed by atoms with E-state index in [4.69, 9.17) is 35.2 Å². The van der Waals surface area contributed by atoms with Gasteiger partial charge < -0.3 is 4.98 Å². The van der Waals surface area contributed by atoms with E-state index in [0.717, 1.165) is 45.0 Å². The molecule has 1 heterocycles. The molecule has 0 aliphatic rings. The third kappa shape index (κ3) is 5.60. The Hall–Kier alpha value is -2.88. The third-order valence-electron chi connectivity index (χ3n) is 5.49. The minimum atomic E-state index is 0.194. The van der Waals surface area contributed by atoms with Crippen molar-refractivity contribution in [3.8, 4) is 0 Å². The van der Waals surface area contributed by atoms with Crippen LogP contribution in [0.4, 0.5) is 11.4 Å². The number of fused-ring (bicyclic) bond motifs is 2. The summed E-state index contributed by atoms with van der Waals surface area (Å²) in [6.45, 7) is 4.01. The Balaban J connectivity index is 0.000000868. The molecule has 4 aromatic carbocycles. The van der Waals surface area contributed by atoms with Gasteiger partial charge in [0.05, 0.1) is 11.4 Å². The molecule has 0 N–H and O–H groups in total. The Bertz CT molecular complexity index is 1370. The summed E-state index contributed by atoms with van der Waals surface area (Å²) in [6, 6.07) is 33.0. The van der Waals surface area contributed by atoms with Crippen LogP contribution in [-0.4, -0.2) is 11.4 Å². The molecule has 0 spiro atoms.